The molecule has 0 bridgehead atoms. The summed E-state index contributed by atoms with van der Waals surface area (Å²) in [6, 6.07) is 16.5. The fraction of sp³-hybridized carbons (Fsp3) is 0.360. The van der Waals surface area contributed by atoms with Crippen molar-refractivity contribution in [3.63, 3.8) is 0 Å². The maximum atomic E-state index is 5.78. The van der Waals surface area contributed by atoms with Gasteiger partial charge < -0.3 is 24.3 Å². The Bertz CT molecular complexity index is 1080. The maximum absolute atomic E-state index is 5.78. The number of rotatable bonds is 8. The summed E-state index contributed by atoms with van der Waals surface area (Å²) in [5.74, 6) is 0.841. The second kappa shape index (κ2) is 9.71. The van der Waals surface area contributed by atoms with Crippen molar-refractivity contribution in [1.82, 2.24) is 19.8 Å². The number of aromatic nitrogens is 2. The summed E-state index contributed by atoms with van der Waals surface area (Å²) in [5, 5.41) is 4.29. The smallest absolute Gasteiger partial charge is 0.170 e. The van der Waals surface area contributed by atoms with Gasteiger partial charge in [0.05, 0.1) is 24.9 Å². The molecule has 1 aromatic carbocycles. The van der Waals surface area contributed by atoms with Gasteiger partial charge in [0.2, 0.25) is 0 Å². The Kier molecular flexibility index (Phi) is 6.77. The summed E-state index contributed by atoms with van der Waals surface area (Å²) in [7, 11) is 3.43. The van der Waals surface area contributed by atoms with E-state index < -0.39 is 0 Å². The molecule has 0 unspecified atom stereocenters. The van der Waals surface area contributed by atoms with Gasteiger partial charge in [-0.25, -0.2) is 0 Å². The molecule has 32 heavy (non-hydrogen) atoms. The van der Waals surface area contributed by atoms with E-state index >= 15 is 0 Å². The average Bonchev–Trinajstić information content (AvgIpc) is 3.29. The highest BCUT2D eigenvalue weighted by atomic mass is 32.1. The quantitative estimate of drug-likeness (QED) is 0.403. The van der Waals surface area contributed by atoms with E-state index in [-0.39, 0.29) is 12.1 Å². The van der Waals surface area contributed by atoms with Crippen molar-refractivity contribution in [2.75, 3.05) is 27.4 Å². The van der Waals surface area contributed by atoms with E-state index in [4.69, 9.17) is 21.7 Å². The first kappa shape index (κ1) is 22.3. The molecule has 2 aromatic heterocycles. The number of nitrogens with one attached hydrogen (secondary N) is 1. The van der Waals surface area contributed by atoms with Crippen molar-refractivity contribution in [2.45, 2.75) is 32.4 Å². The minimum Gasteiger partial charge on any atom is -0.497 e. The number of ether oxygens (including phenoxy) is 2. The number of aryl methyl sites for hydroxylation is 1. The summed E-state index contributed by atoms with van der Waals surface area (Å²) < 4.78 is 13.0. The minimum atomic E-state index is -0.0227. The van der Waals surface area contributed by atoms with Crippen LogP contribution in [0.15, 0.2) is 54.7 Å². The molecule has 1 N–H and O–H groups in total. The molecule has 168 valence electrons. The first-order chi connectivity index (χ1) is 15.5. The number of methoxy groups -OCH3 is 2. The Hall–Kier alpha value is -2.90. The molecule has 0 amide bonds. The Morgan fingerprint density at radius 1 is 1.09 bits per heavy atom. The molecule has 0 radical (unpaired) electrons. The van der Waals surface area contributed by atoms with E-state index in [1.54, 1.807) is 14.2 Å². The van der Waals surface area contributed by atoms with Gasteiger partial charge in [-0.2, -0.15) is 0 Å². The first-order valence-electron chi connectivity index (χ1n) is 10.9. The third kappa shape index (κ3) is 4.23. The second-order valence-electron chi connectivity index (χ2n) is 8.03. The van der Waals surface area contributed by atoms with Crippen molar-refractivity contribution in [3.05, 3.63) is 77.4 Å². The van der Waals surface area contributed by atoms with Crippen LogP contribution in [-0.4, -0.2) is 46.9 Å². The van der Waals surface area contributed by atoms with Crippen LogP contribution in [0, 0.1) is 13.8 Å². The van der Waals surface area contributed by atoms with Crippen molar-refractivity contribution in [2.24, 2.45) is 0 Å². The highest BCUT2D eigenvalue weighted by Gasteiger charge is 2.41. The van der Waals surface area contributed by atoms with Gasteiger partial charge in [0.15, 0.2) is 5.11 Å². The molecule has 6 nitrogen and oxygen atoms in total. The monoisotopic (exact) mass is 450 g/mol. The molecule has 1 aliphatic rings. The Morgan fingerprint density at radius 2 is 1.94 bits per heavy atom. The van der Waals surface area contributed by atoms with Crippen LogP contribution in [0.5, 0.6) is 5.75 Å². The zero-order chi connectivity index (χ0) is 22.7. The molecular formula is C25H30N4O2S. The molecule has 1 saturated heterocycles. The highest BCUT2D eigenvalue weighted by molar-refractivity contribution is 7.80. The van der Waals surface area contributed by atoms with E-state index in [1.165, 1.54) is 17.0 Å². The maximum Gasteiger partial charge on any atom is 0.170 e. The summed E-state index contributed by atoms with van der Waals surface area (Å²) in [4.78, 5) is 6.93. The van der Waals surface area contributed by atoms with Gasteiger partial charge in [0.1, 0.15) is 5.75 Å². The first-order valence-corrected chi connectivity index (χ1v) is 11.3. The van der Waals surface area contributed by atoms with Gasteiger partial charge in [-0.05, 0) is 68.4 Å². The number of thiocarbonyl (C=S) groups is 1. The molecule has 3 heterocycles. The van der Waals surface area contributed by atoms with E-state index in [0.29, 0.717) is 6.61 Å². The Balaban J connectivity index is 1.78. The minimum absolute atomic E-state index is 0.0227. The van der Waals surface area contributed by atoms with Crippen LogP contribution in [-0.2, 0) is 4.74 Å². The van der Waals surface area contributed by atoms with Gasteiger partial charge in [-0.15, -0.1) is 0 Å². The molecule has 2 atom stereocenters. The van der Waals surface area contributed by atoms with Crippen LogP contribution < -0.4 is 10.1 Å². The van der Waals surface area contributed by atoms with Crippen LogP contribution in [0.4, 0.5) is 0 Å². The third-order valence-electron chi connectivity index (χ3n) is 6.05. The molecule has 0 spiro atoms. The van der Waals surface area contributed by atoms with Gasteiger partial charge in [0, 0.05) is 49.6 Å². The van der Waals surface area contributed by atoms with Gasteiger partial charge in [-0.1, -0.05) is 12.1 Å². The van der Waals surface area contributed by atoms with E-state index in [2.05, 4.69) is 57.9 Å². The fourth-order valence-corrected chi connectivity index (χ4v) is 4.93. The van der Waals surface area contributed by atoms with Crippen LogP contribution >= 0.6 is 12.2 Å². The van der Waals surface area contributed by atoms with Crippen molar-refractivity contribution in [3.8, 4) is 11.4 Å². The van der Waals surface area contributed by atoms with Crippen LogP contribution in [0.25, 0.3) is 5.69 Å². The lowest BCUT2D eigenvalue weighted by Crippen LogP contribution is -2.31. The number of hydrogen-bond donors (Lipinski definition) is 1. The van der Waals surface area contributed by atoms with Crippen LogP contribution in [0.1, 0.15) is 41.1 Å². The SMILES string of the molecule is COCCCN1C(=S)N[C@@H](c2ccccn2)[C@@H]1c1cc(C)n(-c2cccc(OC)c2)c1C. The zero-order valence-electron chi connectivity index (χ0n) is 19.0. The lowest BCUT2D eigenvalue weighted by atomic mass is 9.96. The van der Waals surface area contributed by atoms with Crippen molar-refractivity contribution < 1.29 is 9.47 Å². The molecule has 4 rings (SSSR count). The number of nitrogens with zero attached hydrogens (tertiary/aromatic N) is 3. The lowest BCUT2D eigenvalue weighted by Gasteiger charge is -2.28. The van der Waals surface area contributed by atoms with E-state index in [1.807, 2.05) is 30.5 Å². The number of benzene rings is 1. The van der Waals surface area contributed by atoms with E-state index in [0.717, 1.165) is 35.2 Å². The molecule has 1 fully saturated rings. The van der Waals surface area contributed by atoms with Crippen molar-refractivity contribution in [1.29, 1.82) is 0 Å². The summed E-state index contributed by atoms with van der Waals surface area (Å²) in [6.07, 6.45) is 2.74. The molecule has 0 saturated carbocycles. The largest absolute Gasteiger partial charge is 0.497 e. The molecular weight excluding hydrogens is 420 g/mol. The predicted molar refractivity (Wildman–Crippen MR) is 130 cm³/mol. The van der Waals surface area contributed by atoms with Crippen LogP contribution in [0.3, 0.4) is 0 Å². The fourth-order valence-electron chi connectivity index (χ4n) is 4.60. The Labute approximate surface area is 195 Å². The van der Waals surface area contributed by atoms with Crippen molar-refractivity contribution >= 4 is 17.3 Å². The average molecular weight is 451 g/mol. The van der Waals surface area contributed by atoms with Gasteiger partial charge in [-0.3, -0.25) is 4.98 Å². The second-order valence-corrected chi connectivity index (χ2v) is 8.42. The number of hydrogen-bond acceptors (Lipinski definition) is 4. The van der Waals surface area contributed by atoms with E-state index in [9.17, 15) is 0 Å². The highest BCUT2D eigenvalue weighted by Crippen LogP contribution is 2.41. The molecule has 7 heteroatoms. The van der Waals surface area contributed by atoms with Gasteiger partial charge >= 0.3 is 0 Å². The lowest BCUT2D eigenvalue weighted by molar-refractivity contribution is 0.180. The summed E-state index contributed by atoms with van der Waals surface area (Å²) >= 11 is 5.78. The standard InChI is InChI=1S/C25H30N4O2S/c1-17-15-21(18(2)29(17)19-9-7-10-20(16-19)31-4)24-23(22-11-5-6-12-26-22)27-25(32)28(24)13-8-14-30-3/h5-7,9-12,15-16,23-24H,8,13-14H2,1-4H3,(H,27,32)/t23-,24-/m0/s1. The Morgan fingerprint density at radius 3 is 2.66 bits per heavy atom. The zero-order valence-corrected chi connectivity index (χ0v) is 19.9. The summed E-state index contributed by atoms with van der Waals surface area (Å²) in [5.41, 5.74) is 5.66. The molecule has 1 aliphatic heterocycles. The van der Waals surface area contributed by atoms with Gasteiger partial charge in [0.25, 0.3) is 0 Å². The number of pyridine rings is 1. The topological polar surface area (TPSA) is 51.5 Å². The molecule has 0 aliphatic carbocycles. The van der Waals surface area contributed by atoms with Crippen LogP contribution in [0.2, 0.25) is 0 Å². The normalized spacial score (nSPS) is 18.1. The summed E-state index contributed by atoms with van der Waals surface area (Å²) in [6.45, 7) is 5.83. The third-order valence-corrected chi connectivity index (χ3v) is 6.40. The predicted octanol–water partition coefficient (Wildman–Crippen LogP) is 4.51. The molecule has 3 aromatic rings.